The van der Waals surface area contributed by atoms with Gasteiger partial charge in [0.05, 0.1) is 5.92 Å². The molecular formula is C27H32F3N3O. The highest BCUT2D eigenvalue weighted by Crippen LogP contribution is 2.40. The molecule has 1 saturated carbocycles. The first-order valence-electron chi connectivity index (χ1n) is 12.3. The van der Waals surface area contributed by atoms with E-state index < -0.39 is 11.6 Å². The summed E-state index contributed by atoms with van der Waals surface area (Å²) < 4.78 is 41.8. The van der Waals surface area contributed by atoms with Crippen LogP contribution in [0.3, 0.4) is 0 Å². The minimum Gasteiger partial charge on any atom is -0.363 e. The van der Waals surface area contributed by atoms with Crippen molar-refractivity contribution in [3.05, 3.63) is 65.5 Å². The first-order valence-corrected chi connectivity index (χ1v) is 12.3. The van der Waals surface area contributed by atoms with Crippen molar-refractivity contribution in [2.75, 3.05) is 31.1 Å². The number of rotatable bonds is 4. The Morgan fingerprint density at radius 2 is 1.50 bits per heavy atom. The van der Waals surface area contributed by atoms with Gasteiger partial charge in [0.2, 0.25) is 5.91 Å². The second kappa shape index (κ2) is 9.25. The van der Waals surface area contributed by atoms with E-state index in [0.717, 1.165) is 24.6 Å². The minimum absolute atomic E-state index is 0.0491. The van der Waals surface area contributed by atoms with Crippen LogP contribution in [0.1, 0.15) is 44.6 Å². The third kappa shape index (κ3) is 4.30. The Morgan fingerprint density at radius 1 is 0.853 bits per heavy atom. The molecule has 1 aliphatic carbocycles. The summed E-state index contributed by atoms with van der Waals surface area (Å²) in [6, 6.07) is 10.8. The Morgan fingerprint density at radius 3 is 2.09 bits per heavy atom. The van der Waals surface area contributed by atoms with Gasteiger partial charge in [0.15, 0.2) is 0 Å². The van der Waals surface area contributed by atoms with Crippen molar-refractivity contribution >= 4 is 11.6 Å². The van der Waals surface area contributed by atoms with Gasteiger partial charge >= 0.3 is 0 Å². The van der Waals surface area contributed by atoms with Crippen molar-refractivity contribution in [1.82, 2.24) is 9.80 Å². The summed E-state index contributed by atoms with van der Waals surface area (Å²) in [4.78, 5) is 20.3. The number of hydrogen-bond donors (Lipinski definition) is 0. The van der Waals surface area contributed by atoms with E-state index in [9.17, 15) is 18.0 Å². The Bertz CT molecular complexity index is 1030. The normalized spacial score (nSPS) is 28.3. The lowest BCUT2D eigenvalue weighted by Gasteiger charge is -2.46. The molecule has 2 saturated heterocycles. The third-order valence-electron chi connectivity index (χ3n) is 7.97. The number of likely N-dealkylation sites (tertiary alicyclic amines) is 1. The van der Waals surface area contributed by atoms with Crippen LogP contribution in [0.15, 0.2) is 42.5 Å². The van der Waals surface area contributed by atoms with E-state index in [1.807, 2.05) is 4.90 Å². The molecule has 7 heteroatoms. The van der Waals surface area contributed by atoms with E-state index in [1.54, 1.807) is 12.1 Å². The minimum atomic E-state index is -0.600. The summed E-state index contributed by atoms with van der Waals surface area (Å²) >= 11 is 0. The van der Waals surface area contributed by atoms with Gasteiger partial charge in [0.25, 0.3) is 0 Å². The average Bonchev–Trinajstić information content (AvgIpc) is 3.17. The molecule has 0 unspecified atom stereocenters. The van der Waals surface area contributed by atoms with Crippen molar-refractivity contribution in [1.29, 1.82) is 0 Å². The molecule has 4 nitrogen and oxygen atoms in total. The molecule has 0 N–H and O–H groups in total. The topological polar surface area (TPSA) is 26.8 Å². The summed E-state index contributed by atoms with van der Waals surface area (Å²) in [7, 11) is 0. The van der Waals surface area contributed by atoms with Crippen LogP contribution in [0.5, 0.6) is 0 Å². The maximum atomic E-state index is 14.8. The van der Waals surface area contributed by atoms with Gasteiger partial charge in [-0.1, -0.05) is 12.5 Å². The van der Waals surface area contributed by atoms with E-state index in [-0.39, 0.29) is 35.6 Å². The third-order valence-corrected chi connectivity index (χ3v) is 7.97. The van der Waals surface area contributed by atoms with Gasteiger partial charge in [-0.3, -0.25) is 9.69 Å². The number of benzene rings is 2. The monoisotopic (exact) mass is 471 g/mol. The number of carbonyl (C=O) groups is 1. The van der Waals surface area contributed by atoms with E-state index in [0.29, 0.717) is 37.8 Å². The zero-order chi connectivity index (χ0) is 24.0. The van der Waals surface area contributed by atoms with Gasteiger partial charge in [-0.15, -0.1) is 0 Å². The molecule has 4 atom stereocenters. The Hall–Kier alpha value is -2.54. The maximum absolute atomic E-state index is 14.8. The Kier molecular flexibility index (Phi) is 6.32. The lowest BCUT2D eigenvalue weighted by atomic mass is 9.87. The molecule has 0 aromatic heterocycles. The van der Waals surface area contributed by atoms with Crippen molar-refractivity contribution in [2.24, 2.45) is 5.92 Å². The smallest absolute Gasteiger partial charge is 0.227 e. The molecular weight excluding hydrogens is 439 g/mol. The Balaban J connectivity index is 1.36. The van der Waals surface area contributed by atoms with Crippen LogP contribution in [0.2, 0.25) is 0 Å². The van der Waals surface area contributed by atoms with Gasteiger partial charge < -0.3 is 9.80 Å². The van der Waals surface area contributed by atoms with Crippen molar-refractivity contribution in [3.63, 3.8) is 0 Å². The van der Waals surface area contributed by atoms with Gasteiger partial charge in [0.1, 0.15) is 17.5 Å². The quantitative estimate of drug-likeness (QED) is 0.641. The van der Waals surface area contributed by atoms with Gasteiger partial charge in [-0.05, 0) is 62.6 Å². The molecule has 3 aliphatic rings. The highest BCUT2D eigenvalue weighted by molar-refractivity contribution is 5.81. The van der Waals surface area contributed by atoms with Crippen LogP contribution >= 0.6 is 0 Å². The molecule has 5 rings (SSSR count). The summed E-state index contributed by atoms with van der Waals surface area (Å²) in [5.41, 5.74) is 1.38. The number of carbonyl (C=O) groups excluding carboxylic acids is 1. The molecule has 2 aromatic rings. The summed E-state index contributed by atoms with van der Waals surface area (Å²) in [5, 5.41) is 0. The van der Waals surface area contributed by atoms with Crippen LogP contribution < -0.4 is 4.90 Å². The molecule has 2 aliphatic heterocycles. The Labute approximate surface area is 199 Å². The van der Waals surface area contributed by atoms with E-state index in [4.69, 9.17) is 0 Å². The maximum Gasteiger partial charge on any atom is 0.227 e. The number of anilines is 1. The SMILES string of the molecule is C[C@@H]1CN(C(=O)[C@@H]2CN(C3CCC3)C[C@H]2c2ccc(F)cc2F)C[C@H](C)N1c1ccc(F)cc1. The summed E-state index contributed by atoms with van der Waals surface area (Å²) in [6.07, 6.45) is 3.42. The van der Waals surface area contributed by atoms with Crippen LogP contribution in [0, 0.1) is 23.4 Å². The summed E-state index contributed by atoms with van der Waals surface area (Å²) in [5.74, 6) is -2.02. The van der Waals surface area contributed by atoms with Crippen molar-refractivity contribution in [3.8, 4) is 0 Å². The zero-order valence-corrected chi connectivity index (χ0v) is 19.8. The molecule has 34 heavy (non-hydrogen) atoms. The fraction of sp³-hybridized carbons (Fsp3) is 0.519. The van der Waals surface area contributed by atoms with E-state index in [1.165, 1.54) is 30.7 Å². The number of nitrogens with zero attached hydrogens (tertiary/aromatic N) is 3. The second-order valence-corrected chi connectivity index (χ2v) is 10.2. The van der Waals surface area contributed by atoms with Crippen LogP contribution in [0.25, 0.3) is 0 Å². The molecule has 0 radical (unpaired) electrons. The molecule has 1 amide bonds. The summed E-state index contributed by atoms with van der Waals surface area (Å²) in [6.45, 7) is 6.51. The molecule has 0 bridgehead atoms. The van der Waals surface area contributed by atoms with Gasteiger partial charge in [-0.2, -0.15) is 0 Å². The lowest BCUT2D eigenvalue weighted by Crippen LogP contribution is -2.59. The number of halogens is 3. The molecule has 182 valence electrons. The molecule has 0 spiro atoms. The van der Waals surface area contributed by atoms with Gasteiger partial charge in [0, 0.05) is 62.0 Å². The average molecular weight is 472 g/mol. The standard InChI is InChI=1S/C27H32F3N3O/c1-17-13-32(14-18(2)33(17)22-9-6-19(28)7-10-22)27(34)25-16-31(21-4-3-5-21)15-24(25)23-11-8-20(29)12-26(23)30/h6-12,17-18,21,24-25H,3-5,13-16H2,1-2H3/t17-,18+,24-,25+/m0/s1. The highest BCUT2D eigenvalue weighted by atomic mass is 19.1. The number of hydrogen-bond acceptors (Lipinski definition) is 3. The predicted octanol–water partition coefficient (Wildman–Crippen LogP) is 4.80. The lowest BCUT2D eigenvalue weighted by molar-refractivity contribution is -0.137. The van der Waals surface area contributed by atoms with Crippen LogP contribution in [-0.2, 0) is 4.79 Å². The van der Waals surface area contributed by atoms with E-state index >= 15 is 0 Å². The van der Waals surface area contributed by atoms with Crippen LogP contribution in [-0.4, -0.2) is 60.0 Å². The van der Waals surface area contributed by atoms with Crippen LogP contribution in [0.4, 0.5) is 18.9 Å². The zero-order valence-electron chi connectivity index (χ0n) is 19.8. The number of amides is 1. The molecule has 3 fully saturated rings. The fourth-order valence-electron chi connectivity index (χ4n) is 6.11. The largest absolute Gasteiger partial charge is 0.363 e. The first kappa shape index (κ1) is 23.2. The predicted molar refractivity (Wildman–Crippen MR) is 126 cm³/mol. The van der Waals surface area contributed by atoms with Crippen molar-refractivity contribution in [2.45, 2.75) is 57.2 Å². The second-order valence-electron chi connectivity index (χ2n) is 10.2. The highest BCUT2D eigenvalue weighted by Gasteiger charge is 2.45. The number of piperazine rings is 1. The molecule has 2 heterocycles. The van der Waals surface area contributed by atoms with E-state index in [2.05, 4.69) is 23.6 Å². The molecule has 2 aromatic carbocycles. The van der Waals surface area contributed by atoms with Gasteiger partial charge in [-0.25, -0.2) is 13.2 Å². The first-order chi connectivity index (χ1) is 16.3. The fourth-order valence-corrected chi connectivity index (χ4v) is 6.11. The van der Waals surface area contributed by atoms with Crippen molar-refractivity contribution < 1.29 is 18.0 Å².